The Labute approximate surface area is 29.6 Å². The molecule has 27 valence electrons. The van der Waals surface area contributed by atoms with Gasteiger partial charge in [-0.25, -0.2) is 0 Å². The second-order valence-corrected chi connectivity index (χ2v) is 0.708. The molecule has 0 amide bonds. The first-order valence-corrected chi connectivity index (χ1v) is 1.37. The van der Waals surface area contributed by atoms with E-state index in [4.69, 9.17) is 0 Å². The van der Waals surface area contributed by atoms with Gasteiger partial charge in [0.05, 0.1) is 4.99 Å². The number of nitrogens with one attached hydrogen (secondary N) is 1. The molecular formula is C2H4N2O+. The summed E-state index contributed by atoms with van der Waals surface area (Å²) in [5.41, 5.74) is 2.50. The SMILES string of the molecule is C1=[N+]CNO1. The largest absolute Gasteiger partial charge is 0.411 e. The normalized spacial score (nSPS) is 19.2. The zero-order chi connectivity index (χ0) is 3.54. The van der Waals surface area contributed by atoms with Gasteiger partial charge in [-0.3, -0.25) is 0 Å². The number of rotatable bonds is 0. The van der Waals surface area contributed by atoms with Crippen molar-refractivity contribution in [3.8, 4) is 0 Å². The van der Waals surface area contributed by atoms with Crippen LogP contribution in [0, 0.1) is 0 Å². The number of hydrogen-bond acceptors (Lipinski definition) is 3. The van der Waals surface area contributed by atoms with Gasteiger partial charge >= 0.3 is 6.40 Å². The molecule has 0 atom stereocenters. The topological polar surface area (TPSA) is 35.4 Å². The quantitative estimate of drug-likeness (QED) is 0.392. The minimum atomic E-state index is 0.597. The van der Waals surface area contributed by atoms with Gasteiger partial charge in [0.2, 0.25) is 0 Å². The molecule has 0 saturated carbocycles. The van der Waals surface area contributed by atoms with Crippen molar-refractivity contribution in [2.24, 2.45) is 0 Å². The predicted molar refractivity (Wildman–Crippen MR) is 17.3 cm³/mol. The molecule has 0 aromatic heterocycles. The average Bonchev–Trinajstić information content (AvgIpc) is 1.76. The van der Waals surface area contributed by atoms with E-state index in [2.05, 4.69) is 15.3 Å². The van der Waals surface area contributed by atoms with Gasteiger partial charge in [-0.2, -0.15) is 0 Å². The van der Waals surface area contributed by atoms with Crippen LogP contribution in [-0.2, 0) is 4.84 Å². The molecule has 1 heterocycles. The number of aliphatic imine (C=N–C) groups is 1. The summed E-state index contributed by atoms with van der Waals surface area (Å²) in [6.07, 6.45) is 1.38. The van der Waals surface area contributed by atoms with Gasteiger partial charge in [0.15, 0.2) is 0 Å². The Morgan fingerprint density at radius 2 is 3.00 bits per heavy atom. The Bertz CT molecular complexity index is 45.6. The minimum absolute atomic E-state index is 0.597. The van der Waals surface area contributed by atoms with Crippen molar-refractivity contribution in [3.63, 3.8) is 0 Å². The third kappa shape index (κ3) is 0.357. The first-order chi connectivity index (χ1) is 2.50. The monoisotopic (exact) mass is 72.0 g/mol. The fraction of sp³-hybridized carbons (Fsp3) is 0.500. The zero-order valence-corrected chi connectivity index (χ0v) is 2.64. The van der Waals surface area contributed by atoms with E-state index >= 15 is 0 Å². The summed E-state index contributed by atoms with van der Waals surface area (Å²) in [6, 6.07) is 0. The first-order valence-electron chi connectivity index (χ1n) is 1.37. The fourth-order valence-electron chi connectivity index (χ4n) is 0.186. The van der Waals surface area contributed by atoms with E-state index in [0.717, 1.165) is 0 Å². The molecule has 1 radical (unpaired) electrons. The van der Waals surface area contributed by atoms with Gasteiger partial charge in [0.1, 0.15) is 0 Å². The van der Waals surface area contributed by atoms with Crippen LogP contribution in [0.4, 0.5) is 0 Å². The van der Waals surface area contributed by atoms with Crippen LogP contribution in [0.15, 0.2) is 0 Å². The smallest absolute Gasteiger partial charge is 0.344 e. The average molecular weight is 72.1 g/mol. The molecule has 0 saturated heterocycles. The summed E-state index contributed by atoms with van der Waals surface area (Å²) in [6.45, 7) is 0.597. The lowest BCUT2D eigenvalue weighted by atomic mass is 11.2. The van der Waals surface area contributed by atoms with Crippen LogP contribution in [0.2, 0.25) is 0 Å². The van der Waals surface area contributed by atoms with E-state index in [1.54, 1.807) is 0 Å². The Hall–Kier alpha value is -0.570. The second kappa shape index (κ2) is 1.03. The van der Waals surface area contributed by atoms with Gasteiger partial charge in [-0.15, -0.1) is 0 Å². The summed E-state index contributed by atoms with van der Waals surface area (Å²) < 4.78 is 0. The summed E-state index contributed by atoms with van der Waals surface area (Å²) in [7, 11) is 0. The molecule has 1 aliphatic rings. The maximum Gasteiger partial charge on any atom is 0.411 e. The van der Waals surface area contributed by atoms with Crippen molar-refractivity contribution < 1.29 is 4.84 Å². The molecule has 0 aromatic carbocycles. The van der Waals surface area contributed by atoms with Crippen molar-refractivity contribution in [2.45, 2.75) is 0 Å². The van der Waals surface area contributed by atoms with Crippen molar-refractivity contribution in [1.29, 1.82) is 0 Å². The van der Waals surface area contributed by atoms with Gasteiger partial charge in [-0.1, -0.05) is 5.48 Å². The highest BCUT2D eigenvalue weighted by atomic mass is 16.7. The standard InChI is InChI=1S/C2H4N2O/c1-3-2-5-4-1/h2,4H,1H2/q+1. The molecule has 1 N–H and O–H groups in total. The molecule has 0 unspecified atom stereocenters. The van der Waals surface area contributed by atoms with Crippen LogP contribution >= 0.6 is 0 Å². The Kier molecular flexibility index (Phi) is 0.548. The number of nitrogens with zero attached hydrogens (tertiary/aromatic N) is 1. The first kappa shape index (κ1) is 2.66. The molecule has 0 aromatic rings. The molecule has 0 bridgehead atoms. The summed E-state index contributed by atoms with van der Waals surface area (Å²) in [5, 5.41) is 0. The summed E-state index contributed by atoms with van der Waals surface area (Å²) >= 11 is 0. The van der Waals surface area contributed by atoms with Crippen LogP contribution in [0.25, 0.3) is 0 Å². The summed E-state index contributed by atoms with van der Waals surface area (Å²) in [4.78, 5) is 8.03. The summed E-state index contributed by atoms with van der Waals surface area (Å²) in [5.74, 6) is 0. The third-order valence-corrected chi connectivity index (χ3v) is 0.366. The number of hydroxylamine groups is 1. The van der Waals surface area contributed by atoms with E-state index < -0.39 is 0 Å². The third-order valence-electron chi connectivity index (χ3n) is 0.366. The maximum absolute atomic E-state index is 4.40. The van der Waals surface area contributed by atoms with Crippen LogP contribution in [0.1, 0.15) is 0 Å². The molecule has 3 heteroatoms. The molecule has 0 aliphatic carbocycles. The number of hydrogen-bond donors (Lipinski definition) is 1. The Morgan fingerprint density at radius 1 is 2.00 bits per heavy atom. The molecule has 3 nitrogen and oxygen atoms in total. The van der Waals surface area contributed by atoms with Crippen LogP contribution < -0.4 is 10.5 Å². The highest BCUT2D eigenvalue weighted by Crippen LogP contribution is 1.57. The van der Waals surface area contributed by atoms with Crippen molar-refractivity contribution >= 4 is 6.40 Å². The second-order valence-electron chi connectivity index (χ2n) is 0.708. The molecule has 1 rings (SSSR count). The van der Waals surface area contributed by atoms with E-state index in [-0.39, 0.29) is 0 Å². The van der Waals surface area contributed by atoms with Gasteiger partial charge < -0.3 is 4.84 Å². The molecule has 0 fully saturated rings. The highest BCUT2D eigenvalue weighted by Gasteiger charge is 1.98. The predicted octanol–water partition coefficient (Wildman–Crippen LogP) is -1.16. The molecule has 5 heavy (non-hydrogen) atoms. The fourth-order valence-corrected chi connectivity index (χ4v) is 0.186. The lowest BCUT2D eigenvalue weighted by Gasteiger charge is -1.71. The minimum Gasteiger partial charge on any atom is -0.344 e. The van der Waals surface area contributed by atoms with Crippen LogP contribution in [0.5, 0.6) is 0 Å². The maximum atomic E-state index is 4.40. The van der Waals surface area contributed by atoms with Crippen molar-refractivity contribution in [2.75, 3.05) is 6.67 Å². The molecule has 0 spiro atoms. The Morgan fingerprint density at radius 3 is 3.20 bits per heavy atom. The van der Waals surface area contributed by atoms with Crippen LogP contribution in [0.3, 0.4) is 0 Å². The van der Waals surface area contributed by atoms with Crippen molar-refractivity contribution in [3.05, 3.63) is 0 Å². The van der Waals surface area contributed by atoms with Gasteiger partial charge in [0, 0.05) is 0 Å². The van der Waals surface area contributed by atoms with E-state index in [1.807, 2.05) is 0 Å². The lowest BCUT2D eigenvalue weighted by molar-refractivity contribution is 0.224. The Balaban J connectivity index is 2.32. The van der Waals surface area contributed by atoms with E-state index in [1.165, 1.54) is 6.40 Å². The molecule has 1 aliphatic heterocycles. The highest BCUT2D eigenvalue weighted by molar-refractivity contribution is 5.45. The van der Waals surface area contributed by atoms with E-state index in [9.17, 15) is 0 Å². The zero-order valence-electron chi connectivity index (χ0n) is 2.64. The van der Waals surface area contributed by atoms with Gasteiger partial charge in [-0.05, 0) is 0 Å². The molecular weight excluding hydrogens is 68.0 g/mol. The van der Waals surface area contributed by atoms with Gasteiger partial charge in [0.25, 0.3) is 6.67 Å². The lowest BCUT2D eigenvalue weighted by Crippen LogP contribution is -2.06. The van der Waals surface area contributed by atoms with E-state index in [0.29, 0.717) is 6.67 Å². The van der Waals surface area contributed by atoms with Crippen LogP contribution in [-0.4, -0.2) is 13.1 Å². The van der Waals surface area contributed by atoms with Crippen molar-refractivity contribution in [1.82, 2.24) is 10.5 Å².